The molecule has 0 aliphatic rings. The Balaban J connectivity index is 2.78. The van der Waals surface area contributed by atoms with Crippen LogP contribution in [0.3, 0.4) is 0 Å². The van der Waals surface area contributed by atoms with Gasteiger partial charge in [-0.1, -0.05) is 12.1 Å². The first kappa shape index (κ1) is 8.94. The summed E-state index contributed by atoms with van der Waals surface area (Å²) in [4.78, 5) is 0. The van der Waals surface area contributed by atoms with Crippen molar-refractivity contribution in [3.63, 3.8) is 0 Å². The minimum Gasteiger partial charge on any atom is -0.497 e. The average Bonchev–Trinajstić information content (AvgIpc) is 2.23. The Bertz CT molecular complexity index is 480. The van der Waals surface area contributed by atoms with Crippen molar-refractivity contribution in [2.75, 3.05) is 7.11 Å². The molecule has 0 fully saturated rings. The number of ether oxygens (including phenoxy) is 1. The Kier molecular flexibility index (Phi) is 2.08. The third-order valence-corrected chi connectivity index (χ3v) is 2.12. The maximum absolute atomic E-state index is 13.3. The van der Waals surface area contributed by atoms with Gasteiger partial charge in [0.1, 0.15) is 5.75 Å². The molecule has 0 saturated carbocycles. The normalized spacial score (nSPS) is 10.5. The molecule has 72 valence electrons. The van der Waals surface area contributed by atoms with E-state index in [1.54, 1.807) is 12.1 Å². The van der Waals surface area contributed by atoms with Gasteiger partial charge in [0.25, 0.3) is 0 Å². The lowest BCUT2D eigenvalue weighted by Crippen LogP contribution is -1.88. The first-order chi connectivity index (χ1) is 6.72. The molecule has 0 radical (unpaired) electrons. The highest BCUT2D eigenvalue weighted by atomic mass is 19.2. The number of hydrogen-bond donors (Lipinski definition) is 0. The van der Waals surface area contributed by atoms with Gasteiger partial charge in [-0.15, -0.1) is 0 Å². The summed E-state index contributed by atoms with van der Waals surface area (Å²) < 4.78 is 31.1. The van der Waals surface area contributed by atoms with Crippen molar-refractivity contribution in [2.45, 2.75) is 0 Å². The van der Waals surface area contributed by atoms with Crippen molar-refractivity contribution in [3.8, 4) is 5.75 Å². The SMILES string of the molecule is COc1ccc2ccc(F)c(F)c2c1. The molecule has 0 aromatic heterocycles. The molecule has 0 unspecified atom stereocenters. The Labute approximate surface area is 79.9 Å². The molecule has 2 aromatic rings. The summed E-state index contributed by atoms with van der Waals surface area (Å²) in [5.41, 5.74) is 0. The van der Waals surface area contributed by atoms with Gasteiger partial charge < -0.3 is 4.74 Å². The van der Waals surface area contributed by atoms with E-state index in [1.807, 2.05) is 0 Å². The van der Waals surface area contributed by atoms with Crippen molar-refractivity contribution in [2.24, 2.45) is 0 Å². The van der Waals surface area contributed by atoms with Crippen LogP contribution in [0.2, 0.25) is 0 Å². The summed E-state index contributed by atoms with van der Waals surface area (Å²) in [5.74, 6) is -1.16. The second-order valence-corrected chi connectivity index (χ2v) is 2.95. The molecule has 0 atom stereocenters. The van der Waals surface area contributed by atoms with Gasteiger partial charge >= 0.3 is 0 Å². The van der Waals surface area contributed by atoms with Crippen molar-refractivity contribution in [1.29, 1.82) is 0 Å². The summed E-state index contributed by atoms with van der Waals surface area (Å²) in [7, 11) is 1.48. The van der Waals surface area contributed by atoms with Crippen LogP contribution in [0.5, 0.6) is 5.75 Å². The zero-order chi connectivity index (χ0) is 10.1. The van der Waals surface area contributed by atoms with Crippen LogP contribution in [-0.2, 0) is 0 Å². The van der Waals surface area contributed by atoms with Crippen molar-refractivity contribution in [3.05, 3.63) is 42.0 Å². The summed E-state index contributed by atoms with van der Waals surface area (Å²) in [6.07, 6.45) is 0. The standard InChI is InChI=1S/C11H8F2O/c1-14-8-4-2-7-3-5-10(12)11(13)9(7)6-8/h2-6H,1H3. The highest BCUT2D eigenvalue weighted by Crippen LogP contribution is 2.24. The predicted molar refractivity (Wildman–Crippen MR) is 50.4 cm³/mol. The highest BCUT2D eigenvalue weighted by molar-refractivity contribution is 5.84. The van der Waals surface area contributed by atoms with Gasteiger partial charge in [0, 0.05) is 5.39 Å². The Morgan fingerprint density at radius 1 is 1.07 bits per heavy atom. The molecule has 1 nitrogen and oxygen atoms in total. The van der Waals surface area contributed by atoms with E-state index in [0.717, 1.165) is 6.07 Å². The van der Waals surface area contributed by atoms with E-state index in [0.29, 0.717) is 11.1 Å². The zero-order valence-electron chi connectivity index (χ0n) is 7.55. The van der Waals surface area contributed by atoms with E-state index < -0.39 is 11.6 Å². The Morgan fingerprint density at radius 2 is 1.79 bits per heavy atom. The molecule has 0 bridgehead atoms. The zero-order valence-corrected chi connectivity index (χ0v) is 7.55. The van der Waals surface area contributed by atoms with Crippen LogP contribution in [-0.4, -0.2) is 7.11 Å². The smallest absolute Gasteiger partial charge is 0.166 e. The molecular formula is C11H8F2O. The Morgan fingerprint density at radius 3 is 2.50 bits per heavy atom. The monoisotopic (exact) mass is 194 g/mol. The molecule has 0 N–H and O–H groups in total. The minimum absolute atomic E-state index is 0.240. The average molecular weight is 194 g/mol. The van der Waals surface area contributed by atoms with Gasteiger partial charge in [-0.2, -0.15) is 0 Å². The van der Waals surface area contributed by atoms with Crippen LogP contribution in [0.4, 0.5) is 8.78 Å². The second-order valence-electron chi connectivity index (χ2n) is 2.95. The third kappa shape index (κ3) is 1.31. The molecule has 14 heavy (non-hydrogen) atoms. The lowest BCUT2D eigenvalue weighted by Gasteiger charge is -2.03. The first-order valence-corrected chi connectivity index (χ1v) is 4.14. The number of fused-ring (bicyclic) bond motifs is 1. The summed E-state index contributed by atoms with van der Waals surface area (Å²) in [6.45, 7) is 0. The first-order valence-electron chi connectivity index (χ1n) is 4.14. The molecule has 0 saturated heterocycles. The fourth-order valence-corrected chi connectivity index (χ4v) is 1.36. The molecule has 0 aliphatic carbocycles. The van der Waals surface area contributed by atoms with Gasteiger partial charge in [-0.3, -0.25) is 0 Å². The molecule has 0 aliphatic heterocycles. The van der Waals surface area contributed by atoms with Crippen LogP contribution >= 0.6 is 0 Å². The van der Waals surface area contributed by atoms with E-state index in [4.69, 9.17) is 4.74 Å². The van der Waals surface area contributed by atoms with Gasteiger partial charge in [0.05, 0.1) is 7.11 Å². The molecule has 0 amide bonds. The summed E-state index contributed by atoms with van der Waals surface area (Å²) in [5, 5.41) is 0.897. The maximum Gasteiger partial charge on any atom is 0.166 e. The summed E-state index contributed by atoms with van der Waals surface area (Å²) >= 11 is 0. The highest BCUT2D eigenvalue weighted by Gasteiger charge is 2.07. The van der Waals surface area contributed by atoms with Crippen LogP contribution in [0.15, 0.2) is 30.3 Å². The number of halogens is 2. The largest absolute Gasteiger partial charge is 0.497 e. The van der Waals surface area contributed by atoms with Crippen molar-refractivity contribution in [1.82, 2.24) is 0 Å². The van der Waals surface area contributed by atoms with E-state index in [2.05, 4.69) is 0 Å². The van der Waals surface area contributed by atoms with E-state index in [-0.39, 0.29) is 5.39 Å². The number of rotatable bonds is 1. The fraction of sp³-hybridized carbons (Fsp3) is 0.0909. The molecule has 0 heterocycles. The molecular weight excluding hydrogens is 186 g/mol. The topological polar surface area (TPSA) is 9.23 Å². The van der Waals surface area contributed by atoms with Crippen molar-refractivity contribution < 1.29 is 13.5 Å². The van der Waals surface area contributed by atoms with Gasteiger partial charge in [0.2, 0.25) is 0 Å². The lowest BCUT2D eigenvalue weighted by atomic mass is 10.1. The van der Waals surface area contributed by atoms with Crippen LogP contribution in [0, 0.1) is 11.6 Å². The molecule has 2 rings (SSSR count). The van der Waals surface area contributed by atoms with E-state index in [9.17, 15) is 8.78 Å². The van der Waals surface area contributed by atoms with E-state index in [1.165, 1.54) is 19.2 Å². The maximum atomic E-state index is 13.3. The Hall–Kier alpha value is -1.64. The minimum atomic E-state index is -0.842. The van der Waals surface area contributed by atoms with Crippen LogP contribution in [0.25, 0.3) is 10.8 Å². The van der Waals surface area contributed by atoms with Gasteiger partial charge in [-0.05, 0) is 23.6 Å². The number of methoxy groups -OCH3 is 1. The lowest BCUT2D eigenvalue weighted by molar-refractivity contribution is 0.415. The van der Waals surface area contributed by atoms with E-state index >= 15 is 0 Å². The van der Waals surface area contributed by atoms with Gasteiger partial charge in [0.15, 0.2) is 11.6 Å². The summed E-state index contributed by atoms with van der Waals surface area (Å²) in [6, 6.07) is 7.53. The van der Waals surface area contributed by atoms with Gasteiger partial charge in [-0.25, -0.2) is 8.78 Å². The molecule has 2 aromatic carbocycles. The molecule has 0 spiro atoms. The quantitative estimate of drug-likeness (QED) is 0.677. The van der Waals surface area contributed by atoms with Crippen molar-refractivity contribution >= 4 is 10.8 Å². The van der Waals surface area contributed by atoms with Crippen LogP contribution < -0.4 is 4.74 Å². The number of benzene rings is 2. The third-order valence-electron chi connectivity index (χ3n) is 2.12. The number of hydrogen-bond acceptors (Lipinski definition) is 1. The second kappa shape index (κ2) is 3.25. The van der Waals surface area contributed by atoms with Crippen LogP contribution in [0.1, 0.15) is 0 Å². The fourth-order valence-electron chi connectivity index (χ4n) is 1.36. The predicted octanol–water partition coefficient (Wildman–Crippen LogP) is 3.13. The molecule has 3 heteroatoms.